The molecule has 2 nitrogen and oxygen atoms in total. The number of hydrogen-bond acceptors (Lipinski definition) is 2. The van der Waals surface area contributed by atoms with Crippen molar-refractivity contribution in [2.75, 3.05) is 0 Å². The van der Waals surface area contributed by atoms with Crippen LogP contribution in [0.5, 0.6) is 5.88 Å². The lowest BCUT2D eigenvalue weighted by atomic mass is 10.3. The number of rotatable bonds is 1. The molecular formula is C7H4ClF4NO. The monoisotopic (exact) mass is 229 g/mol. The highest BCUT2D eigenvalue weighted by Gasteiger charge is 2.33. The molecule has 1 rings (SSSR count). The quantitative estimate of drug-likeness (QED) is 0.691. The fourth-order valence-corrected chi connectivity index (χ4v) is 0.945. The average molecular weight is 230 g/mol. The van der Waals surface area contributed by atoms with Gasteiger partial charge in [0.05, 0.1) is 11.2 Å². The van der Waals surface area contributed by atoms with Crippen molar-refractivity contribution in [3.63, 3.8) is 0 Å². The van der Waals surface area contributed by atoms with Crippen LogP contribution in [0.25, 0.3) is 0 Å². The van der Waals surface area contributed by atoms with E-state index in [4.69, 9.17) is 11.6 Å². The van der Waals surface area contributed by atoms with Gasteiger partial charge >= 0.3 is 6.36 Å². The summed E-state index contributed by atoms with van der Waals surface area (Å²) in [6.45, 7) is 1.09. The number of hydrogen-bond donors (Lipinski definition) is 0. The molecule has 0 aliphatic rings. The molecule has 0 aliphatic heterocycles. The Labute approximate surface area is 81.5 Å². The number of nitrogens with zero attached hydrogens (tertiary/aromatic N) is 1. The molecule has 0 atom stereocenters. The molecule has 0 radical (unpaired) electrons. The van der Waals surface area contributed by atoms with Crippen molar-refractivity contribution in [2.45, 2.75) is 13.3 Å². The van der Waals surface area contributed by atoms with E-state index in [1.165, 1.54) is 0 Å². The smallest absolute Gasteiger partial charge is 0.387 e. The molecule has 0 saturated carbocycles. The lowest BCUT2D eigenvalue weighted by molar-refractivity contribution is -0.276. The van der Waals surface area contributed by atoms with Crippen LogP contribution in [0, 0.1) is 12.7 Å². The Bertz CT molecular complexity index is 352. The fraction of sp³-hybridized carbons (Fsp3) is 0.286. The zero-order valence-corrected chi connectivity index (χ0v) is 7.58. The first-order chi connectivity index (χ1) is 6.31. The van der Waals surface area contributed by atoms with Crippen LogP contribution < -0.4 is 4.74 Å². The molecule has 0 amide bonds. The van der Waals surface area contributed by atoms with E-state index in [0.29, 0.717) is 0 Å². The van der Waals surface area contributed by atoms with Crippen LogP contribution in [-0.4, -0.2) is 11.3 Å². The Balaban J connectivity index is 3.06. The van der Waals surface area contributed by atoms with Gasteiger partial charge in [-0.15, -0.1) is 13.2 Å². The Morgan fingerprint density at radius 3 is 2.50 bits per heavy atom. The highest BCUT2D eigenvalue weighted by atomic mass is 35.5. The van der Waals surface area contributed by atoms with E-state index in [2.05, 4.69) is 9.72 Å². The molecule has 0 bridgehead atoms. The molecule has 0 unspecified atom stereocenters. The normalized spacial score (nSPS) is 11.6. The molecule has 0 spiro atoms. The summed E-state index contributed by atoms with van der Waals surface area (Å²) in [5.74, 6) is -1.81. The van der Waals surface area contributed by atoms with Crippen LogP contribution >= 0.6 is 11.6 Å². The van der Waals surface area contributed by atoms with Gasteiger partial charge in [-0.25, -0.2) is 9.37 Å². The maximum absolute atomic E-state index is 12.9. The SMILES string of the molecule is Cc1c(OC(F)(F)F)ncc(Cl)c1F. The van der Waals surface area contributed by atoms with Gasteiger partial charge in [0.2, 0.25) is 5.88 Å². The Morgan fingerprint density at radius 1 is 1.43 bits per heavy atom. The Morgan fingerprint density at radius 2 is 2.00 bits per heavy atom. The van der Waals surface area contributed by atoms with E-state index in [0.717, 1.165) is 13.1 Å². The lowest BCUT2D eigenvalue weighted by Gasteiger charge is -2.10. The molecule has 0 saturated heterocycles. The number of halogens is 5. The average Bonchev–Trinajstić information content (AvgIpc) is 2.04. The van der Waals surface area contributed by atoms with E-state index in [-0.39, 0.29) is 10.6 Å². The molecule has 0 fully saturated rings. The number of ether oxygens (including phenoxy) is 1. The van der Waals surface area contributed by atoms with Crippen molar-refractivity contribution in [3.8, 4) is 5.88 Å². The molecule has 1 heterocycles. The van der Waals surface area contributed by atoms with E-state index < -0.39 is 18.1 Å². The van der Waals surface area contributed by atoms with E-state index in [9.17, 15) is 17.6 Å². The molecule has 14 heavy (non-hydrogen) atoms. The van der Waals surface area contributed by atoms with Gasteiger partial charge in [-0.2, -0.15) is 0 Å². The summed E-state index contributed by atoms with van der Waals surface area (Å²) in [5, 5.41) is -0.350. The molecule has 0 N–H and O–H groups in total. The maximum atomic E-state index is 12.9. The van der Waals surface area contributed by atoms with Gasteiger partial charge < -0.3 is 4.74 Å². The first-order valence-corrected chi connectivity index (χ1v) is 3.75. The first-order valence-electron chi connectivity index (χ1n) is 3.37. The highest BCUT2D eigenvalue weighted by Crippen LogP contribution is 2.28. The fourth-order valence-electron chi connectivity index (χ4n) is 0.754. The lowest BCUT2D eigenvalue weighted by Crippen LogP contribution is -2.19. The largest absolute Gasteiger partial charge is 0.574 e. The first kappa shape index (κ1) is 11.0. The Kier molecular flexibility index (Phi) is 2.84. The molecule has 7 heteroatoms. The maximum Gasteiger partial charge on any atom is 0.574 e. The van der Waals surface area contributed by atoms with Gasteiger partial charge in [0.15, 0.2) is 5.82 Å². The molecular weight excluding hydrogens is 226 g/mol. The topological polar surface area (TPSA) is 22.1 Å². The minimum absolute atomic E-state index is 0.350. The minimum atomic E-state index is -4.89. The van der Waals surface area contributed by atoms with E-state index in [1.54, 1.807) is 0 Å². The molecule has 78 valence electrons. The minimum Gasteiger partial charge on any atom is -0.387 e. The van der Waals surface area contributed by atoms with Crippen LogP contribution in [-0.2, 0) is 0 Å². The van der Waals surface area contributed by atoms with Crippen molar-refractivity contribution < 1.29 is 22.3 Å². The zero-order valence-electron chi connectivity index (χ0n) is 6.82. The molecule has 1 aromatic rings. The molecule has 1 aromatic heterocycles. The second kappa shape index (κ2) is 3.61. The van der Waals surface area contributed by atoms with Crippen molar-refractivity contribution in [2.24, 2.45) is 0 Å². The van der Waals surface area contributed by atoms with Crippen LogP contribution in [0.15, 0.2) is 6.20 Å². The number of aromatic nitrogens is 1. The van der Waals surface area contributed by atoms with Gasteiger partial charge in [-0.05, 0) is 6.92 Å². The predicted molar refractivity (Wildman–Crippen MR) is 40.6 cm³/mol. The predicted octanol–water partition coefficient (Wildman–Crippen LogP) is 3.08. The van der Waals surface area contributed by atoms with Crippen LogP contribution in [0.4, 0.5) is 17.6 Å². The third-order valence-electron chi connectivity index (χ3n) is 1.37. The van der Waals surface area contributed by atoms with Crippen LogP contribution in [0.2, 0.25) is 5.02 Å². The molecule has 0 aromatic carbocycles. The summed E-state index contributed by atoms with van der Waals surface area (Å²) >= 11 is 5.28. The Hall–Kier alpha value is -1.04. The summed E-state index contributed by atoms with van der Waals surface area (Å²) in [4.78, 5) is 3.21. The number of pyridine rings is 1. The van der Waals surface area contributed by atoms with Gasteiger partial charge in [0.25, 0.3) is 0 Å². The van der Waals surface area contributed by atoms with Crippen molar-refractivity contribution >= 4 is 11.6 Å². The van der Waals surface area contributed by atoms with Crippen molar-refractivity contribution in [3.05, 3.63) is 22.6 Å². The second-order valence-corrected chi connectivity index (χ2v) is 2.81. The summed E-state index contributed by atoms with van der Waals surface area (Å²) < 4.78 is 51.6. The van der Waals surface area contributed by atoms with Crippen LogP contribution in [0.3, 0.4) is 0 Å². The van der Waals surface area contributed by atoms with Gasteiger partial charge in [0.1, 0.15) is 0 Å². The third kappa shape index (κ3) is 2.47. The van der Waals surface area contributed by atoms with Gasteiger partial charge in [-0.3, -0.25) is 0 Å². The van der Waals surface area contributed by atoms with Crippen LogP contribution in [0.1, 0.15) is 5.56 Å². The standard InChI is InChI=1S/C7H4ClF4NO/c1-3-5(9)4(8)2-13-6(3)14-7(10,11)12/h2H,1H3. The summed E-state index contributed by atoms with van der Waals surface area (Å²) in [6.07, 6.45) is -4.14. The summed E-state index contributed by atoms with van der Waals surface area (Å²) in [6, 6.07) is 0. The van der Waals surface area contributed by atoms with Crippen molar-refractivity contribution in [1.29, 1.82) is 0 Å². The number of alkyl halides is 3. The third-order valence-corrected chi connectivity index (χ3v) is 1.63. The van der Waals surface area contributed by atoms with E-state index in [1.807, 2.05) is 0 Å². The second-order valence-electron chi connectivity index (χ2n) is 2.40. The summed E-state index contributed by atoms with van der Waals surface area (Å²) in [5.41, 5.74) is -0.380. The van der Waals surface area contributed by atoms with Crippen molar-refractivity contribution in [1.82, 2.24) is 4.98 Å². The molecule has 0 aliphatic carbocycles. The highest BCUT2D eigenvalue weighted by molar-refractivity contribution is 6.30. The summed E-state index contributed by atoms with van der Waals surface area (Å²) in [7, 11) is 0. The van der Waals surface area contributed by atoms with Gasteiger partial charge in [-0.1, -0.05) is 11.6 Å². The van der Waals surface area contributed by atoms with E-state index >= 15 is 0 Å². The van der Waals surface area contributed by atoms with Gasteiger partial charge in [0, 0.05) is 5.56 Å². The zero-order chi connectivity index (χ0) is 10.9.